The van der Waals surface area contributed by atoms with Crippen molar-refractivity contribution in [3.8, 4) is 0 Å². The standard InChI is InChI=1S/C22H22ClN5O/c1-15(2)13-28(14-16-8-4-3-5-9-16)21-25-19(23)12-20(26-21)27-22-24-17-10-6-7-11-18(17)29-22/h3-12,15H,13-14H2,1-2H3,(H,24,25,26,27). The van der Waals surface area contributed by atoms with E-state index in [9.17, 15) is 0 Å². The van der Waals surface area contributed by atoms with Gasteiger partial charge in [0.1, 0.15) is 16.5 Å². The zero-order valence-electron chi connectivity index (χ0n) is 16.3. The molecule has 0 saturated heterocycles. The third kappa shape index (κ3) is 4.84. The summed E-state index contributed by atoms with van der Waals surface area (Å²) in [4.78, 5) is 15.7. The summed E-state index contributed by atoms with van der Waals surface area (Å²) < 4.78 is 5.73. The van der Waals surface area contributed by atoms with Gasteiger partial charge in [-0.15, -0.1) is 0 Å². The smallest absolute Gasteiger partial charge is 0.301 e. The molecule has 6 nitrogen and oxygen atoms in total. The minimum absolute atomic E-state index is 0.357. The van der Waals surface area contributed by atoms with Crippen LogP contribution in [0.25, 0.3) is 11.1 Å². The van der Waals surface area contributed by atoms with Crippen LogP contribution in [-0.2, 0) is 6.54 Å². The van der Waals surface area contributed by atoms with E-state index in [0.29, 0.717) is 41.0 Å². The maximum absolute atomic E-state index is 6.31. The maximum Gasteiger partial charge on any atom is 0.301 e. The van der Waals surface area contributed by atoms with Gasteiger partial charge in [-0.2, -0.15) is 9.97 Å². The zero-order chi connectivity index (χ0) is 20.2. The normalized spacial score (nSPS) is 11.2. The summed E-state index contributed by atoms with van der Waals surface area (Å²) >= 11 is 6.31. The van der Waals surface area contributed by atoms with E-state index in [0.717, 1.165) is 12.1 Å². The number of aromatic nitrogens is 3. The van der Waals surface area contributed by atoms with Crippen LogP contribution in [0.3, 0.4) is 0 Å². The molecule has 0 amide bonds. The van der Waals surface area contributed by atoms with E-state index in [2.05, 4.69) is 51.1 Å². The molecule has 4 rings (SSSR count). The second-order valence-electron chi connectivity index (χ2n) is 7.25. The maximum atomic E-state index is 6.31. The summed E-state index contributed by atoms with van der Waals surface area (Å²) in [6.07, 6.45) is 0. The van der Waals surface area contributed by atoms with Crippen LogP contribution in [-0.4, -0.2) is 21.5 Å². The van der Waals surface area contributed by atoms with E-state index in [1.54, 1.807) is 6.07 Å². The predicted octanol–water partition coefficient (Wildman–Crippen LogP) is 5.68. The number of hydrogen-bond acceptors (Lipinski definition) is 6. The Labute approximate surface area is 174 Å². The molecule has 0 atom stereocenters. The predicted molar refractivity (Wildman–Crippen MR) is 117 cm³/mol. The largest absolute Gasteiger partial charge is 0.423 e. The van der Waals surface area contributed by atoms with Crippen molar-refractivity contribution in [3.63, 3.8) is 0 Å². The lowest BCUT2D eigenvalue weighted by atomic mass is 10.1. The highest BCUT2D eigenvalue weighted by molar-refractivity contribution is 6.29. The van der Waals surface area contributed by atoms with E-state index in [-0.39, 0.29) is 0 Å². The molecule has 0 radical (unpaired) electrons. The van der Waals surface area contributed by atoms with E-state index in [4.69, 9.17) is 16.0 Å². The fourth-order valence-electron chi connectivity index (χ4n) is 3.11. The topological polar surface area (TPSA) is 67.1 Å². The molecule has 4 aromatic rings. The zero-order valence-corrected chi connectivity index (χ0v) is 17.1. The summed E-state index contributed by atoms with van der Waals surface area (Å²) in [5, 5.41) is 3.46. The number of nitrogens with zero attached hydrogens (tertiary/aromatic N) is 4. The Bertz CT molecular complexity index is 1060. The SMILES string of the molecule is CC(C)CN(Cc1ccccc1)c1nc(Cl)cc(Nc2nc3ccccc3o2)n1. The Kier molecular flexibility index (Phi) is 5.62. The number of rotatable bonds is 7. The lowest BCUT2D eigenvalue weighted by molar-refractivity contribution is 0.598. The van der Waals surface area contributed by atoms with E-state index >= 15 is 0 Å². The highest BCUT2D eigenvalue weighted by Gasteiger charge is 2.15. The summed E-state index contributed by atoms with van der Waals surface area (Å²) in [5.41, 5.74) is 2.67. The Morgan fingerprint density at radius 3 is 2.52 bits per heavy atom. The van der Waals surface area contributed by atoms with Gasteiger partial charge in [-0.3, -0.25) is 5.32 Å². The molecule has 2 aromatic carbocycles. The summed E-state index contributed by atoms with van der Waals surface area (Å²) in [6.45, 7) is 5.83. The van der Waals surface area contributed by atoms with Gasteiger partial charge in [0.05, 0.1) is 0 Å². The number of hydrogen-bond donors (Lipinski definition) is 1. The highest BCUT2D eigenvalue weighted by atomic mass is 35.5. The molecular weight excluding hydrogens is 386 g/mol. The van der Waals surface area contributed by atoms with Crippen LogP contribution >= 0.6 is 11.6 Å². The second kappa shape index (κ2) is 8.49. The molecule has 148 valence electrons. The van der Waals surface area contributed by atoms with Crippen LogP contribution in [0.1, 0.15) is 19.4 Å². The van der Waals surface area contributed by atoms with Crippen molar-refractivity contribution in [2.24, 2.45) is 5.92 Å². The van der Waals surface area contributed by atoms with Crippen LogP contribution in [0.15, 0.2) is 65.1 Å². The van der Waals surface area contributed by atoms with Crippen molar-refractivity contribution in [2.75, 3.05) is 16.8 Å². The van der Waals surface area contributed by atoms with Crippen LogP contribution in [0.4, 0.5) is 17.8 Å². The van der Waals surface area contributed by atoms with Crippen LogP contribution < -0.4 is 10.2 Å². The van der Waals surface area contributed by atoms with Crippen LogP contribution in [0.2, 0.25) is 5.15 Å². The molecule has 0 bridgehead atoms. The number of nitrogens with one attached hydrogen (secondary N) is 1. The van der Waals surface area contributed by atoms with Gasteiger partial charge in [0.25, 0.3) is 0 Å². The third-order valence-electron chi connectivity index (χ3n) is 4.30. The number of oxazole rings is 1. The number of para-hydroxylation sites is 2. The Morgan fingerprint density at radius 2 is 1.76 bits per heavy atom. The second-order valence-corrected chi connectivity index (χ2v) is 7.63. The molecule has 1 N–H and O–H groups in total. The van der Waals surface area contributed by atoms with Gasteiger partial charge in [0, 0.05) is 19.2 Å². The molecule has 2 aromatic heterocycles. The van der Waals surface area contributed by atoms with Gasteiger partial charge in [0.2, 0.25) is 5.95 Å². The lowest BCUT2D eigenvalue weighted by Crippen LogP contribution is -2.29. The minimum atomic E-state index is 0.357. The Morgan fingerprint density at radius 1 is 1.00 bits per heavy atom. The number of anilines is 3. The molecule has 0 unspecified atom stereocenters. The van der Waals surface area contributed by atoms with E-state index < -0.39 is 0 Å². The quantitative estimate of drug-likeness (QED) is 0.397. The van der Waals surface area contributed by atoms with Crippen molar-refractivity contribution in [1.82, 2.24) is 15.0 Å². The molecule has 29 heavy (non-hydrogen) atoms. The first-order valence-electron chi connectivity index (χ1n) is 9.53. The molecule has 0 spiro atoms. The number of benzene rings is 2. The lowest BCUT2D eigenvalue weighted by Gasteiger charge is -2.25. The summed E-state index contributed by atoms with van der Waals surface area (Å²) in [7, 11) is 0. The third-order valence-corrected chi connectivity index (χ3v) is 4.49. The van der Waals surface area contributed by atoms with Gasteiger partial charge in [0.15, 0.2) is 5.58 Å². The number of halogens is 1. The molecule has 0 aliphatic carbocycles. The molecule has 7 heteroatoms. The van der Waals surface area contributed by atoms with E-state index in [1.165, 1.54) is 5.56 Å². The molecule has 0 aliphatic heterocycles. The molecule has 0 saturated carbocycles. The first-order chi connectivity index (χ1) is 14.1. The van der Waals surface area contributed by atoms with Gasteiger partial charge in [-0.05, 0) is 23.6 Å². The average Bonchev–Trinajstić information content (AvgIpc) is 3.09. The van der Waals surface area contributed by atoms with Crippen molar-refractivity contribution >= 4 is 40.5 Å². The minimum Gasteiger partial charge on any atom is -0.423 e. The molecular formula is C22H22ClN5O. The summed E-state index contributed by atoms with van der Waals surface area (Å²) in [6, 6.07) is 19.9. The molecule has 2 heterocycles. The van der Waals surface area contributed by atoms with Crippen molar-refractivity contribution in [1.29, 1.82) is 0 Å². The van der Waals surface area contributed by atoms with Gasteiger partial charge < -0.3 is 9.32 Å². The van der Waals surface area contributed by atoms with Crippen LogP contribution in [0.5, 0.6) is 0 Å². The monoisotopic (exact) mass is 407 g/mol. The van der Waals surface area contributed by atoms with Gasteiger partial charge in [-0.25, -0.2) is 4.98 Å². The van der Waals surface area contributed by atoms with Crippen molar-refractivity contribution in [2.45, 2.75) is 20.4 Å². The first-order valence-corrected chi connectivity index (χ1v) is 9.90. The molecule has 0 aliphatic rings. The van der Waals surface area contributed by atoms with Gasteiger partial charge in [-0.1, -0.05) is 67.9 Å². The Hall–Kier alpha value is -3.12. The molecule has 0 fully saturated rings. The fourth-order valence-corrected chi connectivity index (χ4v) is 3.29. The first kappa shape index (κ1) is 19.2. The fraction of sp³-hybridized carbons (Fsp3) is 0.227. The van der Waals surface area contributed by atoms with Crippen molar-refractivity contribution < 1.29 is 4.42 Å². The summed E-state index contributed by atoms with van der Waals surface area (Å²) in [5.74, 6) is 1.54. The highest BCUT2D eigenvalue weighted by Crippen LogP contribution is 2.25. The van der Waals surface area contributed by atoms with Crippen molar-refractivity contribution in [3.05, 3.63) is 71.4 Å². The number of fused-ring (bicyclic) bond motifs is 1. The van der Waals surface area contributed by atoms with Crippen LogP contribution in [0, 0.1) is 5.92 Å². The Balaban J connectivity index is 1.62. The van der Waals surface area contributed by atoms with E-state index in [1.807, 2.05) is 42.5 Å². The van der Waals surface area contributed by atoms with Gasteiger partial charge >= 0.3 is 6.01 Å². The average molecular weight is 408 g/mol.